The van der Waals surface area contributed by atoms with Crippen LogP contribution in [0.15, 0.2) is 185 Å². The van der Waals surface area contributed by atoms with Crippen molar-refractivity contribution < 1.29 is 94.1 Å². The Morgan fingerprint density at radius 1 is 0.449 bits per heavy atom. The second-order valence-corrected chi connectivity index (χ2v) is 20.3. The fourth-order valence-corrected chi connectivity index (χ4v) is 9.18. The van der Waals surface area contributed by atoms with Gasteiger partial charge in [-0.15, -0.1) is 0 Å². The maximum Gasteiger partial charge on any atom is 0.336 e. The third kappa shape index (κ3) is 23.1. The minimum Gasteiger partial charge on any atom is -0.507 e. The molecule has 7 aromatic carbocycles. The van der Waals surface area contributed by atoms with Crippen LogP contribution in [-0.4, -0.2) is 97.8 Å². The van der Waals surface area contributed by atoms with Crippen molar-refractivity contribution in [1.82, 2.24) is 0 Å². The van der Waals surface area contributed by atoms with Crippen LogP contribution in [0.25, 0.3) is 54.8 Å². The van der Waals surface area contributed by atoms with Gasteiger partial charge >= 0.3 is 5.63 Å². The first-order valence-electron chi connectivity index (χ1n) is 29.0. The number of aliphatic hydroxyl groups excluding tert-OH is 1. The van der Waals surface area contributed by atoms with E-state index in [1.807, 2.05) is 106 Å². The molecule has 0 amide bonds. The van der Waals surface area contributed by atoms with E-state index >= 15 is 0 Å². The maximum absolute atomic E-state index is 11.5. The lowest BCUT2D eigenvalue weighted by Crippen LogP contribution is -2.25. The summed E-state index contributed by atoms with van der Waals surface area (Å²) in [6.07, 6.45) is 1.56. The van der Waals surface area contributed by atoms with Crippen LogP contribution >= 0.6 is 15.9 Å². The number of benzene rings is 7. The molecule has 2 N–H and O–H groups in total. The highest BCUT2D eigenvalue weighted by atomic mass is 79.9. The number of phenolic OH excluding ortho intramolecular Hbond substituents is 1. The van der Waals surface area contributed by atoms with Crippen LogP contribution in [0.1, 0.15) is 97.7 Å². The monoisotopic (exact) mass is 1410 g/mol. The van der Waals surface area contributed by atoms with E-state index in [-0.39, 0.29) is 66.5 Å². The Balaban J connectivity index is 0.000000311. The van der Waals surface area contributed by atoms with Gasteiger partial charge in [0.1, 0.15) is 117 Å². The summed E-state index contributed by atoms with van der Waals surface area (Å²) < 4.78 is 79.4. The topological polar surface area (TPSA) is 267 Å². The van der Waals surface area contributed by atoms with Crippen molar-refractivity contribution in [1.29, 1.82) is 0 Å². The maximum atomic E-state index is 11.5. The van der Waals surface area contributed by atoms with Gasteiger partial charge in [0, 0.05) is 52.3 Å². The number of carbonyl (C=O) groups is 3. The van der Waals surface area contributed by atoms with Crippen molar-refractivity contribution in [2.75, 3.05) is 62.5 Å². The van der Waals surface area contributed by atoms with E-state index in [1.54, 1.807) is 90.1 Å². The second-order valence-electron chi connectivity index (χ2n) is 19.7. The molecule has 5 heterocycles. The number of carbonyl (C=O) groups excluding carboxylic acids is 3. The molecule has 0 aliphatic heterocycles. The van der Waals surface area contributed by atoms with Gasteiger partial charge < -0.3 is 79.7 Å². The standard InChI is InChI=1S/C20H16O5.C14H20O5.C10H9BrO2.C10H10O3.C10H8O3.C8H8O3.4CH4/c1-12-7-20(21)25-19-10-15(3-5-17(12)19)23-11-16-9-13-8-14(22-2)4-6-18(13)24-16;1-4-17-14(18-5-2)10-19-13-7-6-12(16-3)8-11(13)9-15;3*1-12-8-2-3-10-7(4-8)5-9(6-11)13-10;1-11-7-2-3-8(10)6(4-7)5-9;;;;/h3-10H,11H2,1-2H3;6-9,14H,4-5,10H2,1-3H3;2-5H,6H2,1H3;2-5,11H,6H2,1H3;2-6H,1H3;2-5,10H,1H3;4*1H4. The minimum atomic E-state index is -0.434. The number of aliphatic hydroxyl groups is 1. The molecule has 21 nitrogen and oxygen atoms in total. The Bertz CT molecular complexity index is 4370. The Kier molecular flexibility index (Phi) is 34.6. The number of methoxy groups -OCH3 is 6. The van der Waals surface area contributed by atoms with Gasteiger partial charge in [0.15, 0.2) is 30.9 Å². The molecule has 0 aliphatic rings. The van der Waals surface area contributed by atoms with Crippen molar-refractivity contribution in [3.05, 3.63) is 208 Å². The fraction of sp³-hybridized carbons (Fsp3) is 0.263. The first kappa shape index (κ1) is 81.7. The molecule has 0 fully saturated rings. The Labute approximate surface area is 578 Å². The molecule has 0 aliphatic carbocycles. The number of aromatic hydroxyl groups is 1. The van der Waals surface area contributed by atoms with Gasteiger partial charge in [0.25, 0.3) is 0 Å². The van der Waals surface area contributed by atoms with E-state index in [2.05, 4.69) is 15.9 Å². The molecule has 524 valence electrons. The van der Waals surface area contributed by atoms with Gasteiger partial charge in [-0.2, -0.15) is 0 Å². The Hall–Kier alpha value is -10.5. The lowest BCUT2D eigenvalue weighted by atomic mass is 10.1. The lowest BCUT2D eigenvalue weighted by Gasteiger charge is -2.18. The Morgan fingerprint density at radius 2 is 0.878 bits per heavy atom. The van der Waals surface area contributed by atoms with Crippen LogP contribution < -0.4 is 43.5 Å². The molecule has 12 aromatic rings. The summed E-state index contributed by atoms with van der Waals surface area (Å²) in [6, 6.07) is 46.2. The summed E-state index contributed by atoms with van der Waals surface area (Å²) in [5, 5.41) is 23.4. The first-order valence-corrected chi connectivity index (χ1v) is 30.1. The van der Waals surface area contributed by atoms with Crippen LogP contribution in [0, 0.1) is 6.92 Å². The number of alkyl halides is 1. The molecule has 98 heavy (non-hydrogen) atoms. The van der Waals surface area contributed by atoms with Crippen molar-refractivity contribution in [2.24, 2.45) is 0 Å². The Morgan fingerprint density at radius 3 is 1.36 bits per heavy atom. The molecule has 0 spiro atoms. The number of halogens is 1. The molecule has 0 saturated heterocycles. The van der Waals surface area contributed by atoms with E-state index in [1.165, 1.54) is 25.3 Å². The number of rotatable bonds is 21. The molecule has 12 rings (SSSR count). The SMILES string of the molecule is C.C.C.C.CCOC(COc1ccc(OC)cc1C=O)OCC.COc1ccc(O)c(C=O)c1.COc1ccc2oc(C=O)cc2c1.COc1ccc2oc(CBr)cc2c1.COc1ccc2oc(CO)cc2c1.COc1ccc2oc(COc3ccc4c(C)cc(=O)oc4c3)cc2c1. The summed E-state index contributed by atoms with van der Waals surface area (Å²) in [6.45, 7) is 7.16. The number of hydrogen-bond acceptors (Lipinski definition) is 21. The van der Waals surface area contributed by atoms with Gasteiger partial charge in [0.2, 0.25) is 0 Å². The van der Waals surface area contributed by atoms with Crippen LogP contribution in [0.3, 0.4) is 0 Å². The average molecular weight is 1420 g/mol. The third-order valence-electron chi connectivity index (χ3n) is 13.6. The molecule has 22 heteroatoms. The largest absolute Gasteiger partial charge is 0.507 e. The van der Waals surface area contributed by atoms with Crippen LogP contribution in [0.2, 0.25) is 0 Å². The summed E-state index contributed by atoms with van der Waals surface area (Å²) >= 11 is 3.35. The molecular formula is C76H87BrO21. The number of fused-ring (bicyclic) bond motifs is 5. The van der Waals surface area contributed by atoms with Crippen LogP contribution in [0.5, 0.6) is 51.7 Å². The molecule has 0 saturated carbocycles. The fourth-order valence-electron chi connectivity index (χ4n) is 8.91. The number of aldehydes is 3. The number of aryl methyl sites for hydroxylation is 1. The van der Waals surface area contributed by atoms with Gasteiger partial charge in [-0.05, 0) is 172 Å². The van der Waals surface area contributed by atoms with Crippen molar-refractivity contribution in [2.45, 2.75) is 75.3 Å². The first-order chi connectivity index (χ1) is 45.6. The minimum absolute atomic E-state index is 0. The summed E-state index contributed by atoms with van der Waals surface area (Å²) in [4.78, 5) is 43.2. The van der Waals surface area contributed by atoms with E-state index < -0.39 is 6.29 Å². The number of phenols is 1. The molecule has 0 atom stereocenters. The van der Waals surface area contributed by atoms with Crippen LogP contribution in [-0.2, 0) is 28.0 Å². The van der Waals surface area contributed by atoms with Crippen molar-refractivity contribution >= 4 is 89.6 Å². The third-order valence-corrected chi connectivity index (χ3v) is 14.1. The number of ether oxygens (including phenoxy) is 10. The highest BCUT2D eigenvalue weighted by Crippen LogP contribution is 2.30. The zero-order valence-electron chi connectivity index (χ0n) is 53.1. The summed E-state index contributed by atoms with van der Waals surface area (Å²) in [5.41, 5.74) is 4.84. The summed E-state index contributed by atoms with van der Waals surface area (Å²) in [7, 11) is 9.55. The van der Waals surface area contributed by atoms with Gasteiger partial charge in [-0.1, -0.05) is 45.6 Å². The van der Waals surface area contributed by atoms with Crippen molar-refractivity contribution in [3.8, 4) is 51.7 Å². The molecular weight excluding hydrogens is 1330 g/mol. The number of hydrogen-bond donors (Lipinski definition) is 2. The molecule has 0 unspecified atom stereocenters. The zero-order valence-corrected chi connectivity index (χ0v) is 54.7. The smallest absolute Gasteiger partial charge is 0.336 e. The highest BCUT2D eigenvalue weighted by Gasteiger charge is 2.13. The van der Waals surface area contributed by atoms with Gasteiger partial charge in [-0.3, -0.25) is 14.4 Å². The molecule has 0 radical (unpaired) electrons. The lowest BCUT2D eigenvalue weighted by molar-refractivity contribution is -0.152. The number of furan rings is 4. The van der Waals surface area contributed by atoms with E-state index in [0.29, 0.717) is 82.8 Å². The van der Waals surface area contributed by atoms with E-state index in [0.717, 1.165) is 89.6 Å². The predicted octanol–water partition coefficient (Wildman–Crippen LogP) is 18.0. The zero-order chi connectivity index (χ0) is 67.5. The molecule has 0 bridgehead atoms. The van der Waals surface area contributed by atoms with Crippen molar-refractivity contribution in [3.63, 3.8) is 0 Å². The quantitative estimate of drug-likeness (QED) is 0.0293. The van der Waals surface area contributed by atoms with Crippen LogP contribution in [0.4, 0.5) is 0 Å². The van der Waals surface area contributed by atoms with Gasteiger partial charge in [-0.25, -0.2) is 4.79 Å². The van der Waals surface area contributed by atoms with E-state index in [9.17, 15) is 19.2 Å². The predicted molar refractivity (Wildman–Crippen MR) is 384 cm³/mol. The molecule has 5 aromatic heterocycles. The highest BCUT2D eigenvalue weighted by molar-refractivity contribution is 9.08. The summed E-state index contributed by atoms with van der Waals surface area (Å²) in [5.74, 6) is 7.97. The van der Waals surface area contributed by atoms with E-state index in [4.69, 9.17) is 79.7 Å². The normalized spacial score (nSPS) is 10.1. The van der Waals surface area contributed by atoms with Gasteiger partial charge in [0.05, 0.1) is 59.1 Å². The second kappa shape index (κ2) is 41.4. The average Bonchev–Trinajstić information content (AvgIpc) is 1.56.